The van der Waals surface area contributed by atoms with E-state index >= 15 is 0 Å². The topological polar surface area (TPSA) is 96.3 Å². The number of nitrogens with zero attached hydrogens (tertiary/aromatic N) is 2. The molecule has 3 rings (SSSR count). The molecule has 0 aliphatic heterocycles. The zero-order valence-corrected chi connectivity index (χ0v) is 13.8. The minimum Gasteiger partial charge on any atom is -0.493 e. The average Bonchev–Trinajstić information content (AvgIpc) is 2.95. The van der Waals surface area contributed by atoms with Gasteiger partial charge in [0.05, 0.1) is 26.2 Å². The van der Waals surface area contributed by atoms with E-state index in [0.29, 0.717) is 16.9 Å². The van der Waals surface area contributed by atoms with Crippen LogP contribution >= 0.6 is 0 Å². The quantitative estimate of drug-likeness (QED) is 0.692. The smallest absolute Gasteiger partial charge is 0.269 e. The first kappa shape index (κ1) is 16.5. The third-order valence-electron chi connectivity index (χ3n) is 3.72. The predicted octanol–water partition coefficient (Wildman–Crippen LogP) is 3.74. The summed E-state index contributed by atoms with van der Waals surface area (Å²) in [6, 6.07) is 12.5. The van der Waals surface area contributed by atoms with E-state index in [4.69, 9.17) is 9.47 Å². The fourth-order valence-corrected chi connectivity index (χ4v) is 2.52. The Bertz CT molecular complexity index is 947. The SMILES string of the molecule is COc1ccc(CC(=O)N=Nc2c(O)[nH]c3ccccc23)cc1OC. The number of nitrogens with one attached hydrogen (secondary N) is 1. The van der Waals surface area contributed by atoms with Crippen molar-refractivity contribution in [2.24, 2.45) is 10.2 Å². The molecule has 0 atom stereocenters. The number of amides is 1. The normalized spacial score (nSPS) is 11.1. The predicted molar refractivity (Wildman–Crippen MR) is 92.7 cm³/mol. The van der Waals surface area contributed by atoms with Crippen LogP contribution in [0.4, 0.5) is 5.69 Å². The number of benzene rings is 2. The second-order valence-corrected chi connectivity index (χ2v) is 5.33. The minimum absolute atomic E-state index is 0.0625. The van der Waals surface area contributed by atoms with Crippen molar-refractivity contribution in [3.63, 3.8) is 0 Å². The van der Waals surface area contributed by atoms with Gasteiger partial charge in [-0.25, -0.2) is 0 Å². The molecule has 1 aromatic heterocycles. The van der Waals surface area contributed by atoms with E-state index < -0.39 is 5.91 Å². The Morgan fingerprint density at radius 2 is 1.88 bits per heavy atom. The molecule has 0 radical (unpaired) electrons. The first-order chi connectivity index (χ1) is 12.1. The highest BCUT2D eigenvalue weighted by molar-refractivity contribution is 5.94. The van der Waals surface area contributed by atoms with Crippen molar-refractivity contribution in [2.45, 2.75) is 6.42 Å². The Labute approximate surface area is 143 Å². The molecule has 0 saturated heterocycles. The van der Waals surface area contributed by atoms with Crippen LogP contribution in [0.3, 0.4) is 0 Å². The number of aromatic amines is 1. The van der Waals surface area contributed by atoms with Gasteiger partial charge in [0.25, 0.3) is 5.91 Å². The van der Waals surface area contributed by atoms with E-state index in [1.165, 1.54) is 7.11 Å². The van der Waals surface area contributed by atoms with Crippen LogP contribution in [0.2, 0.25) is 0 Å². The Kier molecular flexibility index (Phi) is 4.65. The lowest BCUT2D eigenvalue weighted by atomic mass is 10.1. The summed E-state index contributed by atoms with van der Waals surface area (Å²) in [5.41, 5.74) is 1.70. The lowest BCUT2D eigenvalue weighted by Gasteiger charge is -2.08. The maximum absolute atomic E-state index is 12.1. The Morgan fingerprint density at radius 1 is 1.12 bits per heavy atom. The lowest BCUT2D eigenvalue weighted by molar-refractivity contribution is -0.117. The Morgan fingerprint density at radius 3 is 2.64 bits per heavy atom. The first-order valence-electron chi connectivity index (χ1n) is 7.57. The molecule has 0 saturated carbocycles. The molecular formula is C18H17N3O4. The second kappa shape index (κ2) is 7.04. The highest BCUT2D eigenvalue weighted by atomic mass is 16.5. The zero-order valence-electron chi connectivity index (χ0n) is 13.8. The Hall–Kier alpha value is -3.35. The molecule has 7 heteroatoms. The number of methoxy groups -OCH3 is 2. The Balaban J connectivity index is 1.78. The summed E-state index contributed by atoms with van der Waals surface area (Å²) in [6.45, 7) is 0. The molecule has 3 aromatic rings. The monoisotopic (exact) mass is 339 g/mol. The third kappa shape index (κ3) is 3.45. The summed E-state index contributed by atoms with van der Waals surface area (Å²) in [7, 11) is 3.08. The standard InChI is InChI=1S/C18H17N3O4/c1-24-14-8-7-11(9-15(14)25-2)10-16(22)20-21-17-12-5-3-4-6-13(12)19-18(17)23/h3-9,19,23H,10H2,1-2H3. The van der Waals surface area contributed by atoms with Crippen LogP contribution in [-0.4, -0.2) is 30.2 Å². The number of carbonyl (C=O) groups is 1. The van der Waals surface area contributed by atoms with Gasteiger partial charge in [-0.3, -0.25) is 4.79 Å². The van der Waals surface area contributed by atoms with E-state index in [1.807, 2.05) is 12.1 Å². The van der Waals surface area contributed by atoms with Crippen molar-refractivity contribution >= 4 is 22.5 Å². The van der Waals surface area contributed by atoms with Gasteiger partial charge in [-0.05, 0) is 23.8 Å². The molecule has 25 heavy (non-hydrogen) atoms. The van der Waals surface area contributed by atoms with Gasteiger partial charge in [0, 0.05) is 5.39 Å². The molecule has 7 nitrogen and oxygen atoms in total. The van der Waals surface area contributed by atoms with Gasteiger partial charge in [0.1, 0.15) is 0 Å². The van der Waals surface area contributed by atoms with Crippen LogP contribution < -0.4 is 9.47 Å². The molecule has 1 heterocycles. The molecule has 2 N–H and O–H groups in total. The number of aromatic hydroxyl groups is 1. The molecule has 128 valence electrons. The second-order valence-electron chi connectivity index (χ2n) is 5.33. The van der Waals surface area contributed by atoms with Crippen molar-refractivity contribution in [2.75, 3.05) is 14.2 Å². The summed E-state index contributed by atoms with van der Waals surface area (Å²) in [4.78, 5) is 14.9. The van der Waals surface area contributed by atoms with E-state index in [9.17, 15) is 9.90 Å². The van der Waals surface area contributed by atoms with Crippen molar-refractivity contribution in [3.05, 3.63) is 48.0 Å². The van der Waals surface area contributed by atoms with Crippen molar-refractivity contribution in [1.29, 1.82) is 0 Å². The fourth-order valence-electron chi connectivity index (χ4n) is 2.52. The van der Waals surface area contributed by atoms with Gasteiger partial charge in [-0.15, -0.1) is 10.2 Å². The zero-order chi connectivity index (χ0) is 17.8. The summed E-state index contributed by atoms with van der Waals surface area (Å²) in [5, 5.41) is 18.2. The maximum Gasteiger partial charge on any atom is 0.269 e. The van der Waals surface area contributed by atoms with Crippen LogP contribution in [0.5, 0.6) is 17.4 Å². The van der Waals surface area contributed by atoms with Gasteiger partial charge in [-0.1, -0.05) is 24.3 Å². The number of rotatable bonds is 5. The van der Waals surface area contributed by atoms with E-state index in [0.717, 1.165) is 11.1 Å². The van der Waals surface area contributed by atoms with Crippen molar-refractivity contribution < 1.29 is 19.4 Å². The average molecular weight is 339 g/mol. The van der Waals surface area contributed by atoms with Gasteiger partial charge >= 0.3 is 0 Å². The van der Waals surface area contributed by atoms with Gasteiger partial charge in [-0.2, -0.15) is 0 Å². The largest absolute Gasteiger partial charge is 0.493 e. The molecule has 0 aliphatic rings. The summed E-state index contributed by atoms with van der Waals surface area (Å²) in [5.74, 6) is 0.573. The highest BCUT2D eigenvalue weighted by Gasteiger charge is 2.11. The van der Waals surface area contributed by atoms with Crippen LogP contribution in [0.15, 0.2) is 52.7 Å². The van der Waals surface area contributed by atoms with E-state index in [-0.39, 0.29) is 18.0 Å². The summed E-state index contributed by atoms with van der Waals surface area (Å²) < 4.78 is 10.4. The number of aromatic nitrogens is 1. The molecular weight excluding hydrogens is 322 g/mol. The minimum atomic E-state index is -0.433. The van der Waals surface area contributed by atoms with E-state index in [1.54, 1.807) is 37.4 Å². The molecule has 0 spiro atoms. The lowest BCUT2D eigenvalue weighted by Crippen LogP contribution is -1.99. The molecule has 0 aliphatic carbocycles. The van der Waals surface area contributed by atoms with Crippen molar-refractivity contribution in [1.82, 2.24) is 4.98 Å². The van der Waals surface area contributed by atoms with E-state index in [2.05, 4.69) is 15.2 Å². The molecule has 0 fully saturated rings. The van der Waals surface area contributed by atoms with Crippen LogP contribution in [-0.2, 0) is 11.2 Å². The maximum atomic E-state index is 12.1. The number of azo groups is 1. The van der Waals surface area contributed by atoms with Crippen LogP contribution in [0.1, 0.15) is 5.56 Å². The number of hydrogen-bond acceptors (Lipinski definition) is 5. The number of carbonyl (C=O) groups excluding carboxylic acids is 1. The summed E-state index contributed by atoms with van der Waals surface area (Å²) >= 11 is 0. The number of fused-ring (bicyclic) bond motifs is 1. The molecule has 1 amide bonds. The first-order valence-corrected chi connectivity index (χ1v) is 7.57. The molecule has 2 aromatic carbocycles. The third-order valence-corrected chi connectivity index (χ3v) is 3.72. The number of para-hydroxylation sites is 1. The van der Waals surface area contributed by atoms with Crippen molar-refractivity contribution in [3.8, 4) is 17.4 Å². The highest BCUT2D eigenvalue weighted by Crippen LogP contribution is 2.35. The fraction of sp³-hybridized carbons (Fsp3) is 0.167. The number of ether oxygens (including phenoxy) is 2. The van der Waals surface area contributed by atoms with Crippen LogP contribution in [0.25, 0.3) is 10.9 Å². The molecule has 0 unspecified atom stereocenters. The van der Waals surface area contributed by atoms with Gasteiger partial charge < -0.3 is 19.6 Å². The number of H-pyrrole nitrogens is 1. The number of hydrogen-bond donors (Lipinski definition) is 2. The summed E-state index contributed by atoms with van der Waals surface area (Å²) in [6.07, 6.45) is 0.0625. The van der Waals surface area contributed by atoms with Gasteiger partial charge in [0.2, 0.25) is 5.88 Å². The van der Waals surface area contributed by atoms with Gasteiger partial charge in [0.15, 0.2) is 17.2 Å². The molecule has 0 bridgehead atoms. The van der Waals surface area contributed by atoms with Crippen LogP contribution in [0, 0.1) is 0 Å².